The number of likely N-dealkylation sites (tertiary alicyclic amines) is 1. The number of nitrogens with one attached hydrogen (secondary N) is 1. The van der Waals surface area contributed by atoms with Gasteiger partial charge in [-0.05, 0) is 37.6 Å². The molecule has 152 valence electrons. The van der Waals surface area contributed by atoms with Crippen LogP contribution in [0, 0.1) is 0 Å². The third kappa shape index (κ3) is 5.66. The van der Waals surface area contributed by atoms with Crippen LogP contribution in [0.5, 0.6) is 0 Å². The highest BCUT2D eigenvalue weighted by molar-refractivity contribution is 5.85. The van der Waals surface area contributed by atoms with Gasteiger partial charge in [0.2, 0.25) is 0 Å². The zero-order valence-corrected chi connectivity index (χ0v) is 17.1. The molecule has 1 saturated heterocycles. The van der Waals surface area contributed by atoms with E-state index in [9.17, 15) is 0 Å². The van der Waals surface area contributed by atoms with Gasteiger partial charge in [-0.25, -0.2) is 4.99 Å². The van der Waals surface area contributed by atoms with E-state index in [4.69, 9.17) is 14.5 Å². The van der Waals surface area contributed by atoms with Crippen molar-refractivity contribution in [2.45, 2.75) is 38.8 Å². The SMILES string of the molecule is CCNC(=NCc1nccc2ccccc12)N1CCC(OCCCOC)CC1. The van der Waals surface area contributed by atoms with Crippen molar-refractivity contribution in [3.63, 3.8) is 0 Å². The minimum absolute atomic E-state index is 0.343. The van der Waals surface area contributed by atoms with Gasteiger partial charge >= 0.3 is 0 Å². The van der Waals surface area contributed by atoms with Gasteiger partial charge in [0.15, 0.2) is 5.96 Å². The molecule has 1 aliphatic rings. The van der Waals surface area contributed by atoms with Gasteiger partial charge in [-0.2, -0.15) is 0 Å². The van der Waals surface area contributed by atoms with E-state index in [0.717, 1.165) is 63.8 Å². The second-order valence-electron chi connectivity index (χ2n) is 7.05. The number of guanidine groups is 1. The van der Waals surface area contributed by atoms with Crippen molar-refractivity contribution < 1.29 is 9.47 Å². The van der Waals surface area contributed by atoms with E-state index in [1.54, 1.807) is 7.11 Å². The first-order valence-corrected chi connectivity index (χ1v) is 10.3. The third-order valence-corrected chi connectivity index (χ3v) is 5.06. The van der Waals surface area contributed by atoms with E-state index >= 15 is 0 Å². The molecule has 0 bridgehead atoms. The standard InChI is InChI=1S/C22H32N4O2/c1-3-23-22(26-13-10-19(11-14-26)28-16-6-15-27-2)25-17-21-20-8-5-4-7-18(20)9-12-24-21/h4-5,7-9,12,19H,3,6,10-11,13-17H2,1-2H3,(H,23,25). The molecule has 0 amide bonds. The first-order chi connectivity index (χ1) is 13.8. The summed E-state index contributed by atoms with van der Waals surface area (Å²) in [5, 5.41) is 5.82. The molecule has 6 nitrogen and oxygen atoms in total. The topological polar surface area (TPSA) is 59.0 Å². The summed E-state index contributed by atoms with van der Waals surface area (Å²) in [7, 11) is 1.73. The molecule has 1 N–H and O–H groups in total. The van der Waals surface area contributed by atoms with Crippen LogP contribution in [0.3, 0.4) is 0 Å². The first kappa shape index (κ1) is 20.6. The number of aromatic nitrogens is 1. The molecule has 2 aromatic rings. The number of pyridine rings is 1. The van der Waals surface area contributed by atoms with Crippen molar-refractivity contribution >= 4 is 16.7 Å². The lowest BCUT2D eigenvalue weighted by Gasteiger charge is -2.34. The molecule has 28 heavy (non-hydrogen) atoms. The lowest BCUT2D eigenvalue weighted by Crippen LogP contribution is -2.47. The lowest BCUT2D eigenvalue weighted by atomic mass is 10.1. The molecule has 0 atom stereocenters. The lowest BCUT2D eigenvalue weighted by molar-refractivity contribution is 0.00990. The summed E-state index contributed by atoms with van der Waals surface area (Å²) in [6.45, 7) is 7.01. The number of piperidine rings is 1. The normalized spacial score (nSPS) is 15.9. The van der Waals surface area contributed by atoms with E-state index in [-0.39, 0.29) is 0 Å². The third-order valence-electron chi connectivity index (χ3n) is 5.06. The Morgan fingerprint density at radius 2 is 2.04 bits per heavy atom. The van der Waals surface area contributed by atoms with Crippen molar-refractivity contribution in [2.75, 3.05) is 40.0 Å². The number of nitrogens with zero attached hydrogens (tertiary/aromatic N) is 3. The number of hydrogen-bond donors (Lipinski definition) is 1. The quantitative estimate of drug-likeness (QED) is 0.430. The fourth-order valence-electron chi connectivity index (χ4n) is 3.57. The highest BCUT2D eigenvalue weighted by atomic mass is 16.5. The van der Waals surface area contributed by atoms with Crippen molar-refractivity contribution in [2.24, 2.45) is 4.99 Å². The molecule has 0 aliphatic carbocycles. The van der Waals surface area contributed by atoms with Crippen LogP contribution in [-0.4, -0.2) is 61.9 Å². The summed E-state index contributed by atoms with van der Waals surface area (Å²) in [4.78, 5) is 11.8. The van der Waals surface area contributed by atoms with Crippen LogP contribution in [0.4, 0.5) is 0 Å². The van der Waals surface area contributed by atoms with E-state index in [2.05, 4.69) is 46.4 Å². The molecule has 1 aromatic carbocycles. The van der Waals surface area contributed by atoms with Crippen LogP contribution in [0.15, 0.2) is 41.5 Å². The molecular formula is C22H32N4O2. The fraction of sp³-hybridized carbons (Fsp3) is 0.545. The zero-order valence-electron chi connectivity index (χ0n) is 17.1. The van der Waals surface area contributed by atoms with E-state index < -0.39 is 0 Å². The van der Waals surface area contributed by atoms with Gasteiger partial charge in [-0.1, -0.05) is 24.3 Å². The zero-order chi connectivity index (χ0) is 19.6. The summed E-state index contributed by atoms with van der Waals surface area (Å²) in [6, 6.07) is 10.4. The smallest absolute Gasteiger partial charge is 0.194 e. The van der Waals surface area contributed by atoms with Gasteiger partial charge in [0.25, 0.3) is 0 Å². The van der Waals surface area contributed by atoms with Crippen molar-refractivity contribution in [3.8, 4) is 0 Å². The Labute approximate surface area is 168 Å². The van der Waals surface area contributed by atoms with Crippen molar-refractivity contribution in [3.05, 3.63) is 42.2 Å². The van der Waals surface area contributed by atoms with Gasteiger partial charge in [-0.15, -0.1) is 0 Å². The Balaban J connectivity index is 1.59. The number of fused-ring (bicyclic) bond motifs is 1. The largest absolute Gasteiger partial charge is 0.385 e. The van der Waals surface area contributed by atoms with Crippen molar-refractivity contribution in [1.82, 2.24) is 15.2 Å². The Morgan fingerprint density at radius 3 is 2.82 bits per heavy atom. The van der Waals surface area contributed by atoms with Crippen LogP contribution in [0.25, 0.3) is 10.8 Å². The number of hydrogen-bond acceptors (Lipinski definition) is 4. The fourth-order valence-corrected chi connectivity index (χ4v) is 3.57. The minimum atomic E-state index is 0.343. The Kier molecular flexibility index (Phi) is 8.06. The number of ether oxygens (including phenoxy) is 2. The van der Waals surface area contributed by atoms with Gasteiger partial charge in [0.1, 0.15) is 0 Å². The predicted octanol–water partition coefficient (Wildman–Crippen LogP) is 3.22. The number of methoxy groups -OCH3 is 1. The van der Waals surface area contributed by atoms with Gasteiger partial charge in [0.05, 0.1) is 18.3 Å². The van der Waals surface area contributed by atoms with Crippen LogP contribution >= 0.6 is 0 Å². The second-order valence-corrected chi connectivity index (χ2v) is 7.05. The predicted molar refractivity (Wildman–Crippen MR) is 114 cm³/mol. The van der Waals surface area contributed by atoms with Crippen LogP contribution in [-0.2, 0) is 16.0 Å². The maximum absolute atomic E-state index is 5.97. The number of rotatable bonds is 8. The number of benzene rings is 1. The summed E-state index contributed by atoms with van der Waals surface area (Å²) in [6.07, 6.45) is 5.23. The van der Waals surface area contributed by atoms with E-state index in [0.29, 0.717) is 12.6 Å². The van der Waals surface area contributed by atoms with Crippen LogP contribution in [0.2, 0.25) is 0 Å². The first-order valence-electron chi connectivity index (χ1n) is 10.3. The summed E-state index contributed by atoms with van der Waals surface area (Å²) in [5.41, 5.74) is 1.02. The molecule has 3 rings (SSSR count). The van der Waals surface area contributed by atoms with E-state index in [1.165, 1.54) is 10.8 Å². The molecule has 2 heterocycles. The molecular weight excluding hydrogens is 352 g/mol. The second kappa shape index (κ2) is 11.0. The highest BCUT2D eigenvalue weighted by Gasteiger charge is 2.21. The Morgan fingerprint density at radius 1 is 1.21 bits per heavy atom. The molecule has 6 heteroatoms. The average molecular weight is 385 g/mol. The summed E-state index contributed by atoms with van der Waals surface area (Å²) >= 11 is 0. The van der Waals surface area contributed by atoms with Gasteiger partial charge < -0.3 is 19.7 Å². The summed E-state index contributed by atoms with van der Waals surface area (Å²) < 4.78 is 11.1. The van der Waals surface area contributed by atoms with Gasteiger partial charge in [-0.3, -0.25) is 4.98 Å². The Bertz CT molecular complexity index is 752. The van der Waals surface area contributed by atoms with Crippen molar-refractivity contribution in [1.29, 1.82) is 0 Å². The summed E-state index contributed by atoms with van der Waals surface area (Å²) in [5.74, 6) is 0.968. The van der Waals surface area contributed by atoms with Gasteiger partial charge in [0, 0.05) is 51.5 Å². The van der Waals surface area contributed by atoms with E-state index in [1.807, 2.05) is 12.3 Å². The molecule has 1 fully saturated rings. The molecule has 0 saturated carbocycles. The monoisotopic (exact) mass is 384 g/mol. The molecule has 0 radical (unpaired) electrons. The highest BCUT2D eigenvalue weighted by Crippen LogP contribution is 2.18. The minimum Gasteiger partial charge on any atom is -0.385 e. The number of aliphatic imine (C=N–C) groups is 1. The molecule has 1 aliphatic heterocycles. The molecule has 0 spiro atoms. The average Bonchev–Trinajstić information content (AvgIpc) is 2.75. The maximum Gasteiger partial charge on any atom is 0.194 e. The molecule has 1 aromatic heterocycles. The Hall–Kier alpha value is -2.18. The maximum atomic E-state index is 5.97. The van der Waals surface area contributed by atoms with Crippen LogP contribution < -0.4 is 5.32 Å². The van der Waals surface area contributed by atoms with Crippen LogP contribution in [0.1, 0.15) is 31.9 Å². The molecule has 0 unspecified atom stereocenters.